The Balaban J connectivity index is 1.62. The van der Waals surface area contributed by atoms with Crippen LogP contribution in [-0.4, -0.2) is 41.1 Å². The Morgan fingerprint density at radius 2 is 2.03 bits per heavy atom. The number of aromatic amines is 1. The third-order valence-corrected chi connectivity index (χ3v) is 4.03. The summed E-state index contributed by atoms with van der Waals surface area (Å²) < 4.78 is 10.6. The van der Waals surface area contributed by atoms with Gasteiger partial charge in [-0.05, 0) is 60.5 Å². The predicted molar refractivity (Wildman–Crippen MR) is 110 cm³/mol. The Hall–Kier alpha value is -3.81. The topological polar surface area (TPSA) is 109 Å². The Bertz CT molecular complexity index is 996. The lowest BCUT2D eigenvalue weighted by atomic mass is 10.1. The summed E-state index contributed by atoms with van der Waals surface area (Å²) in [5, 5.41) is 20.4. The maximum Gasteiger partial charge on any atom is 0.289 e. The molecule has 29 heavy (non-hydrogen) atoms. The van der Waals surface area contributed by atoms with Crippen molar-refractivity contribution in [1.29, 1.82) is 0 Å². The van der Waals surface area contributed by atoms with Crippen LogP contribution in [0.5, 0.6) is 17.2 Å². The summed E-state index contributed by atoms with van der Waals surface area (Å²) in [6.07, 6.45) is 2.40. The van der Waals surface area contributed by atoms with Gasteiger partial charge in [-0.1, -0.05) is 6.92 Å². The van der Waals surface area contributed by atoms with Crippen molar-refractivity contribution in [2.75, 3.05) is 13.7 Å². The molecule has 1 amide bonds. The molecule has 0 aliphatic heterocycles. The van der Waals surface area contributed by atoms with Crippen molar-refractivity contribution in [3.05, 3.63) is 59.8 Å². The first kappa shape index (κ1) is 19.9. The molecule has 0 radical (unpaired) electrons. The molecule has 150 valence electrons. The first-order valence-corrected chi connectivity index (χ1v) is 9.09. The van der Waals surface area contributed by atoms with E-state index in [1.807, 2.05) is 24.3 Å². The molecule has 1 heterocycles. The normalized spacial score (nSPS) is 10.8. The van der Waals surface area contributed by atoms with Crippen LogP contribution in [0.4, 0.5) is 0 Å². The van der Waals surface area contributed by atoms with Crippen LogP contribution in [0.1, 0.15) is 29.4 Å². The molecular weight excluding hydrogens is 372 g/mol. The molecule has 0 spiro atoms. The molecule has 3 rings (SSSR count). The average Bonchev–Trinajstić information content (AvgIpc) is 3.24. The summed E-state index contributed by atoms with van der Waals surface area (Å²) in [6, 6.07) is 13.9. The summed E-state index contributed by atoms with van der Waals surface area (Å²) in [6.45, 7) is 2.72. The van der Waals surface area contributed by atoms with Gasteiger partial charge in [0.25, 0.3) is 5.91 Å². The average molecular weight is 394 g/mol. The lowest BCUT2D eigenvalue weighted by molar-refractivity contribution is 0.0950. The number of amides is 1. The van der Waals surface area contributed by atoms with Crippen LogP contribution in [0.2, 0.25) is 0 Å². The van der Waals surface area contributed by atoms with Crippen molar-refractivity contribution in [3.63, 3.8) is 0 Å². The van der Waals surface area contributed by atoms with E-state index in [-0.39, 0.29) is 11.4 Å². The molecule has 0 bridgehead atoms. The summed E-state index contributed by atoms with van der Waals surface area (Å²) in [5.74, 6) is 0.728. The van der Waals surface area contributed by atoms with Crippen molar-refractivity contribution < 1.29 is 19.4 Å². The number of methoxy groups -OCH3 is 1. The second kappa shape index (κ2) is 9.41. The van der Waals surface area contributed by atoms with Gasteiger partial charge < -0.3 is 14.6 Å². The lowest BCUT2D eigenvalue weighted by Gasteiger charge is -2.04. The Labute approximate surface area is 168 Å². The first-order chi connectivity index (χ1) is 14.1. The number of rotatable bonds is 8. The van der Waals surface area contributed by atoms with Gasteiger partial charge in [-0.3, -0.25) is 9.89 Å². The maximum atomic E-state index is 12.2. The van der Waals surface area contributed by atoms with Crippen molar-refractivity contribution in [2.45, 2.75) is 13.3 Å². The zero-order valence-electron chi connectivity index (χ0n) is 16.2. The van der Waals surface area contributed by atoms with Gasteiger partial charge in [-0.25, -0.2) is 5.43 Å². The Morgan fingerprint density at radius 1 is 1.24 bits per heavy atom. The molecular formula is C21H22N4O4. The van der Waals surface area contributed by atoms with E-state index in [4.69, 9.17) is 9.47 Å². The number of carbonyl (C=O) groups is 1. The van der Waals surface area contributed by atoms with Crippen LogP contribution in [0.15, 0.2) is 53.6 Å². The Kier molecular flexibility index (Phi) is 6.47. The number of carbonyl (C=O) groups excluding carboxylic acids is 1. The number of ether oxygens (including phenoxy) is 2. The minimum Gasteiger partial charge on any atom is -0.504 e. The number of hydrogen-bond donors (Lipinski definition) is 3. The standard InChI is InChI=1S/C21H22N4O4/c1-3-10-29-16-7-5-15(6-8-16)17-12-18(24-23-17)21(27)25-22-13-14-4-9-19(26)20(11-14)28-2/h4-9,11-13,26H,3,10H2,1-2H3,(H,23,24)(H,25,27). The molecule has 0 aliphatic rings. The van der Waals surface area contributed by atoms with Crippen molar-refractivity contribution in [1.82, 2.24) is 15.6 Å². The highest BCUT2D eigenvalue weighted by Crippen LogP contribution is 2.25. The zero-order valence-corrected chi connectivity index (χ0v) is 16.2. The summed E-state index contributed by atoms with van der Waals surface area (Å²) >= 11 is 0. The highest BCUT2D eigenvalue weighted by molar-refractivity contribution is 5.94. The summed E-state index contributed by atoms with van der Waals surface area (Å²) in [4.78, 5) is 12.2. The van der Waals surface area contributed by atoms with E-state index in [1.165, 1.54) is 19.4 Å². The van der Waals surface area contributed by atoms with E-state index >= 15 is 0 Å². The number of phenolic OH excluding ortho intramolecular Hbond substituents is 1. The predicted octanol–water partition coefficient (Wildman–Crippen LogP) is 3.34. The molecule has 0 fully saturated rings. The van der Waals surface area contributed by atoms with Gasteiger partial charge in [0.2, 0.25) is 0 Å². The van der Waals surface area contributed by atoms with E-state index in [2.05, 4.69) is 27.6 Å². The lowest BCUT2D eigenvalue weighted by Crippen LogP contribution is -2.18. The number of hydrazone groups is 1. The van der Waals surface area contributed by atoms with Gasteiger partial charge >= 0.3 is 0 Å². The summed E-state index contributed by atoms with van der Waals surface area (Å²) in [5.41, 5.74) is 4.89. The minimum absolute atomic E-state index is 0.0311. The molecule has 0 saturated carbocycles. The van der Waals surface area contributed by atoms with E-state index in [1.54, 1.807) is 18.2 Å². The third kappa shape index (κ3) is 5.13. The second-order valence-electron chi connectivity index (χ2n) is 6.17. The first-order valence-electron chi connectivity index (χ1n) is 9.09. The van der Waals surface area contributed by atoms with Crippen molar-refractivity contribution in [3.8, 4) is 28.5 Å². The maximum absolute atomic E-state index is 12.2. The van der Waals surface area contributed by atoms with Crippen molar-refractivity contribution in [2.24, 2.45) is 5.10 Å². The van der Waals surface area contributed by atoms with E-state index < -0.39 is 5.91 Å². The highest BCUT2D eigenvalue weighted by Gasteiger charge is 2.10. The Morgan fingerprint density at radius 3 is 2.76 bits per heavy atom. The molecule has 0 aliphatic carbocycles. The van der Waals surface area contributed by atoms with Gasteiger partial charge in [-0.15, -0.1) is 0 Å². The molecule has 3 N–H and O–H groups in total. The van der Waals surface area contributed by atoms with Gasteiger partial charge in [0.15, 0.2) is 11.5 Å². The van der Waals surface area contributed by atoms with Crippen molar-refractivity contribution >= 4 is 12.1 Å². The number of hydrogen-bond acceptors (Lipinski definition) is 6. The smallest absolute Gasteiger partial charge is 0.289 e. The van der Waals surface area contributed by atoms with Crippen LogP contribution < -0.4 is 14.9 Å². The molecule has 1 aromatic heterocycles. The number of H-pyrrole nitrogens is 1. The van der Waals surface area contributed by atoms with Crippen LogP contribution in [-0.2, 0) is 0 Å². The summed E-state index contributed by atoms with van der Waals surface area (Å²) in [7, 11) is 1.46. The fraction of sp³-hybridized carbons (Fsp3) is 0.190. The van der Waals surface area contributed by atoms with Gasteiger partial charge in [0, 0.05) is 5.56 Å². The zero-order chi connectivity index (χ0) is 20.6. The fourth-order valence-electron chi connectivity index (χ4n) is 2.53. The number of nitrogens with one attached hydrogen (secondary N) is 2. The number of aromatic nitrogens is 2. The molecule has 8 heteroatoms. The second-order valence-corrected chi connectivity index (χ2v) is 6.17. The SMILES string of the molecule is CCCOc1ccc(-c2cc(C(=O)NN=Cc3ccc(O)c(OC)c3)[nH]n2)cc1. The number of phenols is 1. The van der Waals surface area contributed by atoms with Crippen LogP contribution >= 0.6 is 0 Å². The van der Waals surface area contributed by atoms with E-state index in [0.717, 1.165) is 17.7 Å². The number of benzene rings is 2. The molecule has 2 aromatic carbocycles. The van der Waals surface area contributed by atoms with Gasteiger partial charge in [-0.2, -0.15) is 10.2 Å². The molecule has 0 saturated heterocycles. The fourth-order valence-corrected chi connectivity index (χ4v) is 2.53. The molecule has 0 unspecified atom stereocenters. The number of aromatic hydroxyl groups is 1. The quantitative estimate of drug-likeness (QED) is 0.401. The highest BCUT2D eigenvalue weighted by atomic mass is 16.5. The van der Waals surface area contributed by atoms with E-state index in [9.17, 15) is 9.90 Å². The van der Waals surface area contributed by atoms with Crippen LogP contribution in [0, 0.1) is 0 Å². The largest absolute Gasteiger partial charge is 0.504 e. The van der Waals surface area contributed by atoms with Gasteiger partial charge in [0.05, 0.1) is 25.6 Å². The van der Waals surface area contributed by atoms with Gasteiger partial charge in [0.1, 0.15) is 11.4 Å². The molecule has 0 atom stereocenters. The minimum atomic E-state index is -0.423. The molecule has 3 aromatic rings. The van der Waals surface area contributed by atoms with E-state index in [0.29, 0.717) is 23.6 Å². The molecule has 8 nitrogen and oxygen atoms in total. The third-order valence-electron chi connectivity index (χ3n) is 4.03. The van der Waals surface area contributed by atoms with Crippen LogP contribution in [0.25, 0.3) is 11.3 Å². The number of nitrogens with zero attached hydrogens (tertiary/aromatic N) is 2. The van der Waals surface area contributed by atoms with Crippen LogP contribution in [0.3, 0.4) is 0 Å². The monoisotopic (exact) mass is 394 g/mol.